The quantitative estimate of drug-likeness (QED) is 0.770. The molecule has 1 unspecified atom stereocenters. The van der Waals surface area contributed by atoms with Crippen LogP contribution in [0.1, 0.15) is 22.8 Å². The summed E-state index contributed by atoms with van der Waals surface area (Å²) in [6.07, 6.45) is 0. The SMILES string of the molecule is Cc1ccc(C(=O)C(C)N(C)C(=O)COc2ccccc2)cc1. The first kappa shape index (κ1) is 16.7. The van der Waals surface area contributed by atoms with Crippen molar-refractivity contribution in [2.24, 2.45) is 0 Å². The molecule has 0 saturated carbocycles. The number of hydrogen-bond acceptors (Lipinski definition) is 3. The highest BCUT2D eigenvalue weighted by atomic mass is 16.5. The Bertz CT molecular complexity index is 665. The first-order chi connectivity index (χ1) is 11.0. The maximum Gasteiger partial charge on any atom is 0.260 e. The molecule has 0 aromatic heterocycles. The molecule has 4 nitrogen and oxygen atoms in total. The van der Waals surface area contributed by atoms with Crippen molar-refractivity contribution in [3.8, 4) is 5.75 Å². The van der Waals surface area contributed by atoms with E-state index >= 15 is 0 Å². The number of carbonyl (C=O) groups is 2. The molecule has 0 bridgehead atoms. The van der Waals surface area contributed by atoms with Crippen LogP contribution < -0.4 is 4.74 Å². The van der Waals surface area contributed by atoms with Crippen molar-refractivity contribution in [3.05, 3.63) is 65.7 Å². The lowest BCUT2D eigenvalue weighted by Gasteiger charge is -2.24. The van der Waals surface area contributed by atoms with Crippen molar-refractivity contribution in [1.82, 2.24) is 4.90 Å². The van der Waals surface area contributed by atoms with Crippen LogP contribution in [0, 0.1) is 6.92 Å². The van der Waals surface area contributed by atoms with Crippen molar-refractivity contribution in [2.75, 3.05) is 13.7 Å². The Morgan fingerprint density at radius 1 is 1.04 bits per heavy atom. The standard InChI is InChI=1S/C19H21NO3/c1-14-9-11-16(12-10-14)19(22)15(2)20(3)18(21)13-23-17-7-5-4-6-8-17/h4-12,15H,13H2,1-3H3. The molecule has 120 valence electrons. The number of benzene rings is 2. The van der Waals surface area contributed by atoms with E-state index in [1.165, 1.54) is 4.90 Å². The van der Waals surface area contributed by atoms with Crippen LogP contribution in [0.3, 0.4) is 0 Å². The fourth-order valence-electron chi connectivity index (χ4n) is 2.11. The van der Waals surface area contributed by atoms with Gasteiger partial charge in [0.2, 0.25) is 0 Å². The Morgan fingerprint density at radius 3 is 2.26 bits per heavy atom. The second-order valence-corrected chi connectivity index (χ2v) is 5.51. The van der Waals surface area contributed by atoms with E-state index in [-0.39, 0.29) is 18.3 Å². The summed E-state index contributed by atoms with van der Waals surface area (Å²) < 4.78 is 5.44. The molecular weight excluding hydrogens is 290 g/mol. The number of rotatable bonds is 6. The zero-order valence-electron chi connectivity index (χ0n) is 13.7. The Morgan fingerprint density at radius 2 is 1.65 bits per heavy atom. The maximum absolute atomic E-state index is 12.4. The van der Waals surface area contributed by atoms with E-state index in [9.17, 15) is 9.59 Å². The minimum Gasteiger partial charge on any atom is -0.484 e. The maximum atomic E-state index is 12.4. The number of amides is 1. The number of aryl methyl sites for hydroxylation is 1. The number of nitrogens with zero attached hydrogens (tertiary/aromatic N) is 1. The molecule has 0 spiro atoms. The molecule has 2 aromatic rings. The zero-order valence-corrected chi connectivity index (χ0v) is 13.7. The summed E-state index contributed by atoms with van der Waals surface area (Å²) in [7, 11) is 1.62. The molecule has 0 heterocycles. The molecule has 1 atom stereocenters. The van der Waals surface area contributed by atoms with E-state index in [0.717, 1.165) is 5.56 Å². The summed E-state index contributed by atoms with van der Waals surface area (Å²) in [6, 6.07) is 15.9. The molecule has 0 saturated heterocycles. The van der Waals surface area contributed by atoms with E-state index in [4.69, 9.17) is 4.74 Å². The number of carbonyl (C=O) groups excluding carboxylic acids is 2. The van der Waals surface area contributed by atoms with Gasteiger partial charge in [0, 0.05) is 12.6 Å². The van der Waals surface area contributed by atoms with Gasteiger partial charge < -0.3 is 9.64 Å². The van der Waals surface area contributed by atoms with Crippen LogP contribution in [0.2, 0.25) is 0 Å². The molecule has 23 heavy (non-hydrogen) atoms. The summed E-state index contributed by atoms with van der Waals surface area (Å²) in [4.78, 5) is 26.1. The van der Waals surface area contributed by atoms with Gasteiger partial charge >= 0.3 is 0 Å². The largest absolute Gasteiger partial charge is 0.484 e. The van der Waals surface area contributed by atoms with Gasteiger partial charge in [0.05, 0.1) is 6.04 Å². The van der Waals surface area contributed by atoms with Gasteiger partial charge in [-0.1, -0.05) is 48.0 Å². The van der Waals surface area contributed by atoms with Crippen LogP contribution >= 0.6 is 0 Å². The molecular formula is C19H21NO3. The Hall–Kier alpha value is -2.62. The van der Waals surface area contributed by atoms with Crippen molar-refractivity contribution >= 4 is 11.7 Å². The molecule has 0 radical (unpaired) electrons. The summed E-state index contributed by atoms with van der Waals surface area (Å²) in [6.45, 7) is 3.60. The second-order valence-electron chi connectivity index (χ2n) is 5.51. The lowest BCUT2D eigenvalue weighted by Crippen LogP contribution is -2.42. The summed E-state index contributed by atoms with van der Waals surface area (Å²) in [5, 5.41) is 0. The van der Waals surface area contributed by atoms with Crippen molar-refractivity contribution in [3.63, 3.8) is 0 Å². The lowest BCUT2D eigenvalue weighted by molar-refractivity contribution is -0.133. The lowest BCUT2D eigenvalue weighted by atomic mass is 10.0. The molecule has 1 amide bonds. The number of likely N-dealkylation sites (N-methyl/N-ethyl adjacent to an activating group) is 1. The number of para-hydroxylation sites is 1. The highest BCUT2D eigenvalue weighted by Gasteiger charge is 2.23. The van der Waals surface area contributed by atoms with Gasteiger partial charge in [-0.25, -0.2) is 0 Å². The van der Waals surface area contributed by atoms with Gasteiger partial charge in [0.25, 0.3) is 5.91 Å². The molecule has 2 rings (SSSR count). The van der Waals surface area contributed by atoms with Gasteiger partial charge in [-0.05, 0) is 26.0 Å². The van der Waals surface area contributed by atoms with Crippen LogP contribution in [0.25, 0.3) is 0 Å². The van der Waals surface area contributed by atoms with Crippen LogP contribution in [-0.2, 0) is 4.79 Å². The van der Waals surface area contributed by atoms with Crippen molar-refractivity contribution < 1.29 is 14.3 Å². The second kappa shape index (κ2) is 7.58. The highest BCUT2D eigenvalue weighted by molar-refractivity contribution is 6.01. The molecule has 0 N–H and O–H groups in total. The third-order valence-corrected chi connectivity index (χ3v) is 3.80. The van der Waals surface area contributed by atoms with Gasteiger partial charge in [-0.2, -0.15) is 0 Å². The van der Waals surface area contributed by atoms with Crippen molar-refractivity contribution in [2.45, 2.75) is 19.9 Å². The fraction of sp³-hybridized carbons (Fsp3) is 0.263. The Balaban J connectivity index is 1.95. The molecule has 2 aromatic carbocycles. The van der Waals surface area contributed by atoms with E-state index in [1.54, 1.807) is 38.2 Å². The highest BCUT2D eigenvalue weighted by Crippen LogP contribution is 2.11. The molecule has 0 fully saturated rings. The predicted octanol–water partition coefficient (Wildman–Crippen LogP) is 3.10. The monoisotopic (exact) mass is 311 g/mol. The summed E-state index contributed by atoms with van der Waals surface area (Å²) in [5.41, 5.74) is 1.70. The first-order valence-corrected chi connectivity index (χ1v) is 7.53. The normalized spacial score (nSPS) is 11.6. The van der Waals surface area contributed by atoms with Gasteiger partial charge in [-0.3, -0.25) is 9.59 Å². The minimum absolute atomic E-state index is 0.0828. The van der Waals surface area contributed by atoms with Gasteiger partial charge in [0.15, 0.2) is 12.4 Å². The third-order valence-electron chi connectivity index (χ3n) is 3.80. The number of ether oxygens (including phenoxy) is 1. The van der Waals surface area contributed by atoms with E-state index in [1.807, 2.05) is 37.3 Å². The van der Waals surface area contributed by atoms with Crippen LogP contribution in [-0.4, -0.2) is 36.3 Å². The van der Waals surface area contributed by atoms with E-state index in [0.29, 0.717) is 11.3 Å². The summed E-state index contributed by atoms with van der Waals surface area (Å²) >= 11 is 0. The summed E-state index contributed by atoms with van der Waals surface area (Å²) in [5.74, 6) is 0.314. The number of Topliss-reactive ketones (excluding diaryl/α,β-unsaturated/α-hetero) is 1. The van der Waals surface area contributed by atoms with Crippen LogP contribution in [0.15, 0.2) is 54.6 Å². The molecule has 4 heteroatoms. The van der Waals surface area contributed by atoms with Gasteiger partial charge in [-0.15, -0.1) is 0 Å². The molecule has 0 aliphatic rings. The van der Waals surface area contributed by atoms with Crippen molar-refractivity contribution in [1.29, 1.82) is 0 Å². The number of hydrogen-bond donors (Lipinski definition) is 0. The van der Waals surface area contributed by atoms with Crippen LogP contribution in [0.4, 0.5) is 0 Å². The smallest absolute Gasteiger partial charge is 0.260 e. The Kier molecular flexibility index (Phi) is 5.52. The molecule has 0 aliphatic carbocycles. The number of ketones is 1. The first-order valence-electron chi connectivity index (χ1n) is 7.53. The average Bonchev–Trinajstić information content (AvgIpc) is 2.59. The zero-order chi connectivity index (χ0) is 16.8. The van der Waals surface area contributed by atoms with Crippen LogP contribution in [0.5, 0.6) is 5.75 Å². The fourth-order valence-corrected chi connectivity index (χ4v) is 2.11. The minimum atomic E-state index is -0.537. The topological polar surface area (TPSA) is 46.6 Å². The predicted molar refractivity (Wildman–Crippen MR) is 89.7 cm³/mol. The third kappa shape index (κ3) is 4.42. The van der Waals surface area contributed by atoms with E-state index in [2.05, 4.69) is 0 Å². The van der Waals surface area contributed by atoms with Gasteiger partial charge in [0.1, 0.15) is 5.75 Å². The molecule has 0 aliphatic heterocycles. The van der Waals surface area contributed by atoms with E-state index < -0.39 is 6.04 Å². The average molecular weight is 311 g/mol. The Labute approximate surface area is 136 Å².